The molecule has 0 aromatic carbocycles. The summed E-state index contributed by atoms with van der Waals surface area (Å²) in [6.07, 6.45) is 9.62. The number of piperazine rings is 1. The molecule has 5 atom stereocenters. The number of morpholine rings is 2. The Morgan fingerprint density at radius 2 is 1.27 bits per heavy atom. The van der Waals surface area contributed by atoms with Crippen molar-refractivity contribution in [3.63, 3.8) is 0 Å². The van der Waals surface area contributed by atoms with Crippen molar-refractivity contribution in [2.45, 2.75) is 88.6 Å². The van der Waals surface area contributed by atoms with Gasteiger partial charge in [-0.25, -0.2) is 0 Å². The zero-order valence-electron chi connectivity index (χ0n) is 20.3. The molecule has 5 rings (SSSR count). The Hall–Kier alpha value is -1.22. The van der Waals surface area contributed by atoms with Crippen LogP contribution >= 0.6 is 0 Å². The quantitative estimate of drug-likeness (QED) is 0.628. The summed E-state index contributed by atoms with van der Waals surface area (Å²) in [6, 6.07) is 0.811. The number of carbonyl (C=O) groups excluding carboxylic acids is 2. The van der Waals surface area contributed by atoms with Crippen LogP contribution in [0.5, 0.6) is 0 Å². The molecule has 5 fully saturated rings. The lowest BCUT2D eigenvalue weighted by atomic mass is 9.90. The van der Waals surface area contributed by atoms with Crippen LogP contribution in [-0.2, 0) is 19.1 Å². The third-order valence-electron chi connectivity index (χ3n) is 8.65. The number of rotatable bonds is 4. The van der Waals surface area contributed by atoms with Gasteiger partial charge in [-0.1, -0.05) is 25.7 Å². The van der Waals surface area contributed by atoms with Gasteiger partial charge in [-0.15, -0.1) is 0 Å². The Bertz CT molecular complexity index is 702. The molecule has 0 spiro atoms. The average Bonchev–Trinajstić information content (AvgIpc) is 2.85. The highest BCUT2D eigenvalue weighted by Crippen LogP contribution is 2.30. The first-order valence-corrected chi connectivity index (χ1v) is 13.4. The first-order chi connectivity index (χ1) is 16.1. The minimum absolute atomic E-state index is 0.237. The lowest BCUT2D eigenvalue weighted by Gasteiger charge is -2.46. The van der Waals surface area contributed by atoms with Crippen molar-refractivity contribution in [3.05, 3.63) is 0 Å². The summed E-state index contributed by atoms with van der Waals surface area (Å²) >= 11 is 0. The standard InChI is InChI=1S/C25H42N4O4/c1-19-16-26(17-24(30)28-12-14-32-22-8-4-2-6-20(22)28)10-11-27(19)18-25(31)29-13-15-33-23-9-5-3-7-21(23)29/h19-23H,2-18H2,1H3. The number of nitrogens with zero attached hydrogens (tertiary/aromatic N) is 4. The topological polar surface area (TPSA) is 65.6 Å². The smallest absolute Gasteiger partial charge is 0.237 e. The van der Waals surface area contributed by atoms with Gasteiger partial charge < -0.3 is 19.3 Å². The maximum atomic E-state index is 13.2. The van der Waals surface area contributed by atoms with Gasteiger partial charge in [-0.2, -0.15) is 0 Å². The van der Waals surface area contributed by atoms with E-state index in [-0.39, 0.29) is 42.1 Å². The van der Waals surface area contributed by atoms with Gasteiger partial charge in [0.05, 0.1) is 50.6 Å². The van der Waals surface area contributed by atoms with Gasteiger partial charge in [0.15, 0.2) is 0 Å². The molecule has 5 aliphatic rings. The maximum Gasteiger partial charge on any atom is 0.237 e. The summed E-state index contributed by atoms with van der Waals surface area (Å²) in [6.45, 7) is 8.48. The fourth-order valence-electron chi connectivity index (χ4n) is 6.81. The van der Waals surface area contributed by atoms with Gasteiger partial charge in [0.1, 0.15) is 0 Å². The molecule has 0 aromatic rings. The average molecular weight is 463 g/mol. The van der Waals surface area contributed by atoms with E-state index in [2.05, 4.69) is 26.5 Å². The van der Waals surface area contributed by atoms with Crippen LogP contribution in [0.3, 0.4) is 0 Å². The molecule has 33 heavy (non-hydrogen) atoms. The lowest BCUT2D eigenvalue weighted by molar-refractivity contribution is -0.153. The van der Waals surface area contributed by atoms with Crippen molar-refractivity contribution < 1.29 is 19.1 Å². The summed E-state index contributed by atoms with van der Waals surface area (Å²) in [5.41, 5.74) is 0. The summed E-state index contributed by atoms with van der Waals surface area (Å²) in [4.78, 5) is 35.2. The summed E-state index contributed by atoms with van der Waals surface area (Å²) in [7, 11) is 0. The van der Waals surface area contributed by atoms with E-state index in [0.29, 0.717) is 26.3 Å². The van der Waals surface area contributed by atoms with Crippen molar-refractivity contribution in [1.29, 1.82) is 0 Å². The first-order valence-electron chi connectivity index (χ1n) is 13.4. The van der Waals surface area contributed by atoms with Crippen molar-refractivity contribution in [2.75, 3.05) is 59.0 Å². The molecule has 2 aliphatic carbocycles. The molecule has 2 amide bonds. The summed E-state index contributed by atoms with van der Waals surface area (Å²) in [5, 5.41) is 0. The molecular formula is C25H42N4O4. The Labute approximate surface area is 198 Å². The molecular weight excluding hydrogens is 420 g/mol. The van der Waals surface area contributed by atoms with Crippen molar-refractivity contribution in [3.8, 4) is 0 Å². The second-order valence-corrected chi connectivity index (χ2v) is 10.8. The van der Waals surface area contributed by atoms with E-state index in [4.69, 9.17) is 9.47 Å². The minimum atomic E-state index is 0.237. The molecule has 0 N–H and O–H groups in total. The van der Waals surface area contributed by atoms with Crippen molar-refractivity contribution in [1.82, 2.24) is 19.6 Å². The Kier molecular flexibility index (Phi) is 7.54. The fourth-order valence-corrected chi connectivity index (χ4v) is 6.81. The number of fused-ring (bicyclic) bond motifs is 2. The van der Waals surface area contributed by atoms with Gasteiger partial charge in [-0.3, -0.25) is 19.4 Å². The predicted octanol–water partition coefficient (Wildman–Crippen LogP) is 1.33. The van der Waals surface area contributed by atoms with Gasteiger partial charge in [0.2, 0.25) is 11.8 Å². The number of hydrogen-bond acceptors (Lipinski definition) is 6. The van der Waals surface area contributed by atoms with Crippen molar-refractivity contribution >= 4 is 11.8 Å². The molecule has 186 valence electrons. The largest absolute Gasteiger partial charge is 0.374 e. The molecule has 3 saturated heterocycles. The highest BCUT2D eigenvalue weighted by molar-refractivity contribution is 5.79. The molecule has 0 radical (unpaired) electrons. The van der Waals surface area contributed by atoms with E-state index in [1.165, 1.54) is 25.7 Å². The molecule has 3 aliphatic heterocycles. The van der Waals surface area contributed by atoms with Gasteiger partial charge >= 0.3 is 0 Å². The van der Waals surface area contributed by atoms with Crippen LogP contribution < -0.4 is 0 Å². The van der Waals surface area contributed by atoms with Gasteiger partial charge in [0, 0.05) is 38.8 Å². The van der Waals surface area contributed by atoms with Crippen LogP contribution in [0, 0.1) is 0 Å². The first kappa shape index (κ1) is 23.5. The van der Waals surface area contributed by atoms with E-state index in [9.17, 15) is 9.59 Å². The lowest BCUT2D eigenvalue weighted by Crippen LogP contribution is -2.61. The summed E-state index contributed by atoms with van der Waals surface area (Å²) in [5.74, 6) is 0.506. The molecule has 3 heterocycles. The van der Waals surface area contributed by atoms with E-state index in [1.807, 2.05) is 0 Å². The number of hydrogen-bond donors (Lipinski definition) is 0. The van der Waals surface area contributed by atoms with Crippen LogP contribution in [-0.4, -0.2) is 121 Å². The Morgan fingerprint density at radius 3 is 1.85 bits per heavy atom. The van der Waals surface area contributed by atoms with Crippen LogP contribution in [0.1, 0.15) is 58.3 Å². The van der Waals surface area contributed by atoms with Crippen LogP contribution in [0.15, 0.2) is 0 Å². The van der Waals surface area contributed by atoms with Crippen LogP contribution in [0.4, 0.5) is 0 Å². The zero-order chi connectivity index (χ0) is 22.8. The Morgan fingerprint density at radius 1 is 0.727 bits per heavy atom. The molecule has 5 unspecified atom stereocenters. The number of ether oxygens (including phenoxy) is 2. The molecule has 8 heteroatoms. The fraction of sp³-hybridized carbons (Fsp3) is 0.920. The third-order valence-corrected chi connectivity index (χ3v) is 8.65. The molecule has 0 bridgehead atoms. The SMILES string of the molecule is CC1CN(CC(=O)N2CCOC3CCCCC32)CCN1CC(=O)N1CCOC2CCCCC21. The highest BCUT2D eigenvalue weighted by atomic mass is 16.5. The third kappa shape index (κ3) is 5.24. The predicted molar refractivity (Wildman–Crippen MR) is 125 cm³/mol. The van der Waals surface area contributed by atoms with Gasteiger partial charge in [0.25, 0.3) is 0 Å². The van der Waals surface area contributed by atoms with E-state index < -0.39 is 0 Å². The van der Waals surface area contributed by atoms with E-state index >= 15 is 0 Å². The number of amides is 2. The van der Waals surface area contributed by atoms with Gasteiger partial charge in [-0.05, 0) is 32.6 Å². The molecule has 2 saturated carbocycles. The Balaban J connectivity index is 1.11. The van der Waals surface area contributed by atoms with Crippen molar-refractivity contribution in [2.24, 2.45) is 0 Å². The zero-order valence-corrected chi connectivity index (χ0v) is 20.3. The second-order valence-electron chi connectivity index (χ2n) is 10.8. The second kappa shape index (κ2) is 10.6. The van der Waals surface area contributed by atoms with Crippen LogP contribution in [0.25, 0.3) is 0 Å². The van der Waals surface area contributed by atoms with E-state index in [1.54, 1.807) is 0 Å². The normalized spacial score (nSPS) is 36.2. The monoisotopic (exact) mass is 462 g/mol. The van der Waals surface area contributed by atoms with Crippen LogP contribution in [0.2, 0.25) is 0 Å². The van der Waals surface area contributed by atoms with E-state index in [0.717, 1.165) is 58.4 Å². The molecule has 0 aromatic heterocycles. The number of carbonyl (C=O) groups is 2. The maximum absolute atomic E-state index is 13.2. The summed E-state index contributed by atoms with van der Waals surface area (Å²) < 4.78 is 11.9. The minimum Gasteiger partial charge on any atom is -0.374 e. The molecule has 8 nitrogen and oxygen atoms in total. The highest BCUT2D eigenvalue weighted by Gasteiger charge is 2.39.